The molecule has 0 saturated carbocycles. The fourth-order valence-corrected chi connectivity index (χ4v) is 2.34. The van der Waals surface area contributed by atoms with Crippen LogP contribution in [0.1, 0.15) is 32.8 Å². The van der Waals surface area contributed by atoms with Gasteiger partial charge in [0.25, 0.3) is 5.91 Å². The van der Waals surface area contributed by atoms with Gasteiger partial charge in [0.15, 0.2) is 6.04 Å². The number of ether oxygens (including phenoxy) is 1. The average Bonchev–Trinajstić information content (AvgIpc) is 2.46. The number of para-hydroxylation sites is 1. The predicted octanol–water partition coefficient (Wildman–Crippen LogP) is 1.61. The van der Waals surface area contributed by atoms with E-state index in [1.165, 1.54) is 0 Å². The Bertz CT molecular complexity index is 593. The molecule has 5 nitrogen and oxygen atoms in total. The van der Waals surface area contributed by atoms with Crippen molar-refractivity contribution in [1.82, 2.24) is 5.43 Å². The van der Waals surface area contributed by atoms with E-state index in [1.807, 2.05) is 37.3 Å². The highest BCUT2D eigenvalue weighted by Crippen LogP contribution is 2.28. The van der Waals surface area contributed by atoms with Crippen LogP contribution in [-0.2, 0) is 4.79 Å². The molecule has 1 aliphatic heterocycles. The summed E-state index contributed by atoms with van der Waals surface area (Å²) in [6, 6.07) is 7.55. The summed E-state index contributed by atoms with van der Waals surface area (Å²) in [5.74, 6) is 1.14. The van der Waals surface area contributed by atoms with E-state index in [2.05, 4.69) is 30.1 Å². The van der Waals surface area contributed by atoms with Crippen LogP contribution in [-0.4, -0.2) is 24.3 Å². The van der Waals surface area contributed by atoms with Crippen molar-refractivity contribution in [3.8, 4) is 5.75 Å². The fourth-order valence-electron chi connectivity index (χ4n) is 2.34. The minimum absolute atomic E-state index is 0.0956. The molecule has 2 atom stereocenters. The molecule has 0 unspecified atom stereocenters. The van der Waals surface area contributed by atoms with Crippen molar-refractivity contribution in [1.29, 1.82) is 0 Å². The van der Waals surface area contributed by atoms with Crippen LogP contribution in [0.4, 0.5) is 0 Å². The van der Waals surface area contributed by atoms with Gasteiger partial charge in [0, 0.05) is 17.6 Å². The zero-order chi connectivity index (χ0) is 16.1. The highest BCUT2D eigenvalue weighted by molar-refractivity contribution is 5.90. The van der Waals surface area contributed by atoms with Gasteiger partial charge in [-0.05, 0) is 25.0 Å². The lowest BCUT2D eigenvalue weighted by Crippen LogP contribution is -2.67. The number of hydrogen-bond acceptors (Lipinski definition) is 3. The Morgan fingerprint density at radius 1 is 1.45 bits per heavy atom. The maximum absolute atomic E-state index is 11.9. The van der Waals surface area contributed by atoms with Crippen LogP contribution in [0.3, 0.4) is 0 Å². The van der Waals surface area contributed by atoms with Crippen molar-refractivity contribution in [2.75, 3.05) is 0 Å². The molecule has 1 aromatic carbocycles. The quantitative estimate of drug-likeness (QED) is 0.640. The van der Waals surface area contributed by atoms with Gasteiger partial charge in [-0.2, -0.15) is 5.10 Å². The standard InChI is InChI=1S/C17H23N3O2/c1-11(2)8-15(18)17(21)20-19-10-14-9-13-6-4-5-7-16(13)22-12(14)3/h4-7,9-12,15H,8,18H2,1-3H3,(H,20,21)/p+1/b19-10-/t12-,15-/m1/s1. The molecular formula is C17H24N3O2+. The van der Waals surface area contributed by atoms with E-state index < -0.39 is 0 Å². The highest BCUT2D eigenvalue weighted by atomic mass is 16.5. The second kappa shape index (κ2) is 7.22. The van der Waals surface area contributed by atoms with Crippen LogP contribution >= 0.6 is 0 Å². The van der Waals surface area contributed by atoms with E-state index >= 15 is 0 Å². The number of carbonyl (C=O) groups is 1. The molecule has 2 rings (SSSR count). The second-order valence-electron chi connectivity index (χ2n) is 6.00. The summed E-state index contributed by atoms with van der Waals surface area (Å²) < 4.78 is 5.82. The Hall–Kier alpha value is -2.14. The van der Waals surface area contributed by atoms with Crippen LogP contribution < -0.4 is 15.9 Å². The summed E-state index contributed by atoms with van der Waals surface area (Å²) in [4.78, 5) is 11.9. The third kappa shape index (κ3) is 4.18. The lowest BCUT2D eigenvalue weighted by molar-refractivity contribution is -0.406. The molecule has 22 heavy (non-hydrogen) atoms. The summed E-state index contributed by atoms with van der Waals surface area (Å²) in [5, 5.41) is 4.03. The Kier molecular flexibility index (Phi) is 5.33. The Morgan fingerprint density at radius 3 is 2.91 bits per heavy atom. The largest absolute Gasteiger partial charge is 0.485 e. The number of carbonyl (C=O) groups excluding carboxylic acids is 1. The third-order valence-corrected chi connectivity index (χ3v) is 3.53. The van der Waals surface area contributed by atoms with Crippen LogP contribution in [0.2, 0.25) is 0 Å². The number of rotatable bonds is 5. The maximum Gasteiger partial charge on any atom is 0.298 e. The predicted molar refractivity (Wildman–Crippen MR) is 87.3 cm³/mol. The van der Waals surface area contributed by atoms with Crippen LogP contribution in [0.15, 0.2) is 34.9 Å². The summed E-state index contributed by atoms with van der Waals surface area (Å²) in [7, 11) is 0. The van der Waals surface area contributed by atoms with Gasteiger partial charge in [-0.25, -0.2) is 5.43 Å². The van der Waals surface area contributed by atoms with Crippen molar-refractivity contribution >= 4 is 18.2 Å². The molecule has 1 aliphatic rings. The Balaban J connectivity index is 1.98. The number of nitrogens with zero attached hydrogens (tertiary/aromatic N) is 1. The first kappa shape index (κ1) is 16.2. The SMILES string of the molecule is CC(C)C[C@@H]([NH3+])C(=O)N/N=C\C1=Cc2ccccc2O[C@@H]1C. The first-order valence-corrected chi connectivity index (χ1v) is 7.60. The maximum atomic E-state index is 11.9. The van der Waals surface area contributed by atoms with Gasteiger partial charge in [0.05, 0.1) is 6.21 Å². The third-order valence-electron chi connectivity index (χ3n) is 3.53. The van der Waals surface area contributed by atoms with Gasteiger partial charge in [0.2, 0.25) is 0 Å². The minimum atomic E-state index is -0.285. The monoisotopic (exact) mass is 302 g/mol. The number of hydrogen-bond donors (Lipinski definition) is 2. The molecular weight excluding hydrogens is 278 g/mol. The highest BCUT2D eigenvalue weighted by Gasteiger charge is 2.19. The van der Waals surface area contributed by atoms with Gasteiger partial charge in [0.1, 0.15) is 11.9 Å². The Labute approximate surface area is 131 Å². The molecule has 0 spiro atoms. The molecule has 118 valence electrons. The smallest absolute Gasteiger partial charge is 0.298 e. The van der Waals surface area contributed by atoms with Gasteiger partial charge in [-0.1, -0.05) is 32.0 Å². The molecule has 0 aliphatic carbocycles. The zero-order valence-corrected chi connectivity index (χ0v) is 13.4. The summed E-state index contributed by atoms with van der Waals surface area (Å²) in [6.07, 6.45) is 4.31. The number of hydrazone groups is 1. The molecule has 1 heterocycles. The number of amides is 1. The minimum Gasteiger partial charge on any atom is -0.485 e. The molecule has 1 aromatic rings. The van der Waals surface area contributed by atoms with Gasteiger partial charge >= 0.3 is 0 Å². The summed E-state index contributed by atoms with van der Waals surface area (Å²) >= 11 is 0. The van der Waals surface area contributed by atoms with Crippen molar-refractivity contribution in [3.05, 3.63) is 35.4 Å². The first-order chi connectivity index (χ1) is 10.5. The van der Waals surface area contributed by atoms with Crippen LogP contribution in [0.25, 0.3) is 6.08 Å². The topological polar surface area (TPSA) is 78.3 Å². The van der Waals surface area contributed by atoms with Gasteiger partial charge in [-0.15, -0.1) is 0 Å². The first-order valence-electron chi connectivity index (χ1n) is 7.60. The van der Waals surface area contributed by atoms with E-state index in [-0.39, 0.29) is 18.1 Å². The molecule has 4 N–H and O–H groups in total. The van der Waals surface area contributed by atoms with Crippen molar-refractivity contribution in [3.63, 3.8) is 0 Å². The molecule has 1 amide bonds. The molecule has 0 saturated heterocycles. The fraction of sp³-hybridized carbons (Fsp3) is 0.412. The number of nitrogens with one attached hydrogen (secondary N) is 1. The van der Waals surface area contributed by atoms with Gasteiger partial charge in [-0.3, -0.25) is 4.79 Å². The molecule has 5 heteroatoms. The number of benzene rings is 1. The zero-order valence-electron chi connectivity index (χ0n) is 13.4. The number of quaternary nitrogens is 1. The molecule has 0 fully saturated rings. The molecule has 0 radical (unpaired) electrons. The van der Waals surface area contributed by atoms with Crippen molar-refractivity contribution < 1.29 is 15.3 Å². The van der Waals surface area contributed by atoms with E-state index in [4.69, 9.17) is 4.74 Å². The summed E-state index contributed by atoms with van der Waals surface area (Å²) in [6.45, 7) is 6.09. The van der Waals surface area contributed by atoms with E-state index in [0.29, 0.717) is 5.92 Å². The average molecular weight is 302 g/mol. The van der Waals surface area contributed by atoms with Crippen LogP contribution in [0.5, 0.6) is 5.75 Å². The molecule has 0 bridgehead atoms. The normalized spacial score (nSPS) is 18.6. The molecule has 0 aromatic heterocycles. The summed E-state index contributed by atoms with van der Waals surface area (Å²) in [5.41, 5.74) is 8.35. The van der Waals surface area contributed by atoms with Crippen molar-refractivity contribution in [2.45, 2.75) is 39.3 Å². The lowest BCUT2D eigenvalue weighted by atomic mass is 10.0. The lowest BCUT2D eigenvalue weighted by Gasteiger charge is -2.22. The van der Waals surface area contributed by atoms with E-state index in [1.54, 1.807) is 6.21 Å². The number of fused-ring (bicyclic) bond motifs is 1. The van der Waals surface area contributed by atoms with Gasteiger partial charge < -0.3 is 10.5 Å². The van der Waals surface area contributed by atoms with Crippen molar-refractivity contribution in [2.24, 2.45) is 11.0 Å². The van der Waals surface area contributed by atoms with Crippen LogP contribution in [0, 0.1) is 5.92 Å². The second-order valence-corrected chi connectivity index (χ2v) is 6.00. The van der Waals surface area contributed by atoms with E-state index in [0.717, 1.165) is 23.3 Å². The van der Waals surface area contributed by atoms with E-state index in [9.17, 15) is 4.79 Å². The Morgan fingerprint density at radius 2 is 2.18 bits per heavy atom.